The van der Waals surface area contributed by atoms with E-state index in [0.717, 1.165) is 16.1 Å². The minimum Gasteiger partial charge on any atom is -0.298 e. The molecule has 1 amide bonds. The molecule has 1 N–H and O–H groups in total. The summed E-state index contributed by atoms with van der Waals surface area (Å²) in [5.41, 5.74) is 2.08. The van der Waals surface area contributed by atoms with E-state index in [9.17, 15) is 4.79 Å². The molecule has 23 heavy (non-hydrogen) atoms. The third kappa shape index (κ3) is 3.52. The Bertz CT molecular complexity index is 862. The lowest BCUT2D eigenvalue weighted by molar-refractivity contribution is 0.102. The molecule has 116 valence electrons. The van der Waals surface area contributed by atoms with E-state index in [-0.39, 0.29) is 11.1 Å². The second-order valence-electron chi connectivity index (χ2n) is 4.73. The van der Waals surface area contributed by atoms with Crippen LogP contribution < -0.4 is 5.32 Å². The second-order valence-corrected chi connectivity index (χ2v) is 6.72. The molecule has 2 heterocycles. The number of aryl methyl sites for hydroxylation is 1. The fourth-order valence-electron chi connectivity index (χ4n) is 2.05. The number of anilines is 1. The first-order valence-corrected chi connectivity index (χ1v) is 8.27. The Morgan fingerprint density at radius 3 is 2.61 bits per heavy atom. The Kier molecular flexibility index (Phi) is 4.61. The van der Waals surface area contributed by atoms with E-state index in [1.807, 2.05) is 31.2 Å². The second kappa shape index (κ2) is 6.66. The maximum absolute atomic E-state index is 12.3. The van der Waals surface area contributed by atoms with Crippen LogP contribution in [0.2, 0.25) is 10.2 Å². The molecule has 0 radical (unpaired) electrons. The minimum atomic E-state index is -0.334. The van der Waals surface area contributed by atoms with Gasteiger partial charge in [0.25, 0.3) is 5.91 Å². The van der Waals surface area contributed by atoms with E-state index >= 15 is 0 Å². The lowest BCUT2D eigenvalue weighted by atomic mass is 10.1. The molecule has 0 saturated carbocycles. The molecule has 3 aromatic rings. The summed E-state index contributed by atoms with van der Waals surface area (Å²) in [6, 6.07) is 10.7. The number of nitrogens with one attached hydrogen (secondary N) is 1. The maximum atomic E-state index is 12.3. The molecule has 0 unspecified atom stereocenters. The standard InChI is InChI=1S/C16H11Cl2N3OS/c1-9-13(10-4-6-11(17)7-5-10)20-16(23-9)21-15(22)12-3-2-8-19-14(12)18/h2-8H,1H3,(H,20,21,22). The molecule has 4 nitrogen and oxygen atoms in total. The van der Waals surface area contributed by atoms with Gasteiger partial charge in [-0.3, -0.25) is 10.1 Å². The molecule has 2 aromatic heterocycles. The molecule has 0 aliphatic carbocycles. The van der Waals surface area contributed by atoms with Crippen LogP contribution in [0, 0.1) is 6.92 Å². The smallest absolute Gasteiger partial charge is 0.260 e. The number of pyridine rings is 1. The van der Waals surface area contributed by atoms with E-state index in [1.165, 1.54) is 17.5 Å². The van der Waals surface area contributed by atoms with Crippen molar-refractivity contribution in [3.05, 3.63) is 63.2 Å². The summed E-state index contributed by atoms with van der Waals surface area (Å²) in [6.07, 6.45) is 1.53. The number of aromatic nitrogens is 2. The first-order chi connectivity index (χ1) is 11.0. The van der Waals surface area contributed by atoms with Crippen LogP contribution in [-0.2, 0) is 0 Å². The highest BCUT2D eigenvalue weighted by Crippen LogP contribution is 2.31. The van der Waals surface area contributed by atoms with Crippen molar-refractivity contribution in [2.45, 2.75) is 6.92 Å². The fourth-order valence-corrected chi connectivity index (χ4v) is 3.21. The molecular formula is C16H11Cl2N3OS. The van der Waals surface area contributed by atoms with Gasteiger partial charge in [-0.1, -0.05) is 35.3 Å². The van der Waals surface area contributed by atoms with Crippen LogP contribution in [-0.4, -0.2) is 15.9 Å². The van der Waals surface area contributed by atoms with Gasteiger partial charge in [0.1, 0.15) is 5.15 Å². The quantitative estimate of drug-likeness (QED) is 0.660. The summed E-state index contributed by atoms with van der Waals surface area (Å²) in [5.74, 6) is -0.334. The van der Waals surface area contributed by atoms with Crippen LogP contribution in [0.5, 0.6) is 0 Å². The molecule has 3 rings (SSSR count). The third-order valence-electron chi connectivity index (χ3n) is 3.14. The van der Waals surface area contributed by atoms with Crippen LogP contribution in [0.25, 0.3) is 11.3 Å². The summed E-state index contributed by atoms with van der Waals surface area (Å²) in [5, 5.41) is 4.10. The van der Waals surface area contributed by atoms with Crippen molar-refractivity contribution < 1.29 is 4.79 Å². The highest BCUT2D eigenvalue weighted by molar-refractivity contribution is 7.16. The Morgan fingerprint density at radius 1 is 1.17 bits per heavy atom. The number of hydrogen-bond acceptors (Lipinski definition) is 4. The van der Waals surface area contributed by atoms with E-state index in [0.29, 0.717) is 15.7 Å². The summed E-state index contributed by atoms with van der Waals surface area (Å²) < 4.78 is 0. The van der Waals surface area contributed by atoms with E-state index in [4.69, 9.17) is 23.2 Å². The van der Waals surface area contributed by atoms with E-state index in [2.05, 4.69) is 15.3 Å². The van der Waals surface area contributed by atoms with Crippen molar-refractivity contribution in [3.63, 3.8) is 0 Å². The lowest BCUT2D eigenvalue weighted by Gasteiger charge is -2.02. The summed E-state index contributed by atoms with van der Waals surface area (Å²) >= 11 is 13.2. The molecule has 1 aromatic carbocycles. The molecule has 0 aliphatic heterocycles. The highest BCUT2D eigenvalue weighted by Gasteiger charge is 2.15. The number of amides is 1. The fraction of sp³-hybridized carbons (Fsp3) is 0.0625. The monoisotopic (exact) mass is 363 g/mol. The van der Waals surface area contributed by atoms with Crippen LogP contribution in [0.15, 0.2) is 42.6 Å². The van der Waals surface area contributed by atoms with Crippen molar-refractivity contribution in [2.75, 3.05) is 5.32 Å². The van der Waals surface area contributed by atoms with Gasteiger partial charge < -0.3 is 0 Å². The largest absolute Gasteiger partial charge is 0.298 e. The van der Waals surface area contributed by atoms with Crippen molar-refractivity contribution in [1.82, 2.24) is 9.97 Å². The predicted octanol–water partition coefficient (Wildman–Crippen LogP) is 5.07. The van der Waals surface area contributed by atoms with Crippen LogP contribution in [0.3, 0.4) is 0 Å². The van der Waals surface area contributed by atoms with Gasteiger partial charge in [-0.25, -0.2) is 9.97 Å². The number of carbonyl (C=O) groups is 1. The zero-order valence-corrected chi connectivity index (χ0v) is 14.3. The molecular weight excluding hydrogens is 353 g/mol. The average Bonchev–Trinajstić information content (AvgIpc) is 2.89. The van der Waals surface area contributed by atoms with E-state index < -0.39 is 0 Å². The molecule has 0 atom stereocenters. The molecule has 0 aliphatic rings. The zero-order chi connectivity index (χ0) is 16.4. The number of benzene rings is 1. The number of rotatable bonds is 3. The Labute approximate surface area is 147 Å². The molecule has 0 fully saturated rings. The zero-order valence-electron chi connectivity index (χ0n) is 12.0. The van der Waals surface area contributed by atoms with Crippen molar-refractivity contribution in [3.8, 4) is 11.3 Å². The maximum Gasteiger partial charge on any atom is 0.260 e. The number of halogens is 2. The van der Waals surface area contributed by atoms with Gasteiger partial charge in [0, 0.05) is 21.7 Å². The molecule has 0 saturated heterocycles. The Morgan fingerprint density at radius 2 is 1.91 bits per heavy atom. The Hall–Kier alpha value is -1.95. The first-order valence-electron chi connectivity index (χ1n) is 6.70. The van der Waals surface area contributed by atoms with Gasteiger partial charge in [0.2, 0.25) is 0 Å². The van der Waals surface area contributed by atoms with Gasteiger partial charge in [-0.05, 0) is 31.2 Å². The first kappa shape index (κ1) is 15.9. The van der Waals surface area contributed by atoms with Gasteiger partial charge in [0.15, 0.2) is 5.13 Å². The van der Waals surface area contributed by atoms with Crippen LogP contribution >= 0.6 is 34.5 Å². The van der Waals surface area contributed by atoms with Gasteiger partial charge >= 0.3 is 0 Å². The van der Waals surface area contributed by atoms with Gasteiger partial charge in [-0.2, -0.15) is 0 Å². The average molecular weight is 364 g/mol. The highest BCUT2D eigenvalue weighted by atomic mass is 35.5. The predicted molar refractivity (Wildman–Crippen MR) is 94.5 cm³/mol. The Balaban J connectivity index is 1.85. The van der Waals surface area contributed by atoms with Crippen molar-refractivity contribution >= 4 is 45.6 Å². The van der Waals surface area contributed by atoms with E-state index in [1.54, 1.807) is 12.1 Å². The normalized spacial score (nSPS) is 10.6. The summed E-state index contributed by atoms with van der Waals surface area (Å²) in [7, 11) is 0. The SMILES string of the molecule is Cc1sc(NC(=O)c2cccnc2Cl)nc1-c1ccc(Cl)cc1. The van der Waals surface area contributed by atoms with Crippen LogP contribution in [0.4, 0.5) is 5.13 Å². The number of carbonyl (C=O) groups excluding carboxylic acids is 1. The topological polar surface area (TPSA) is 54.9 Å². The lowest BCUT2D eigenvalue weighted by Crippen LogP contribution is -2.12. The van der Waals surface area contributed by atoms with Crippen LogP contribution in [0.1, 0.15) is 15.2 Å². The van der Waals surface area contributed by atoms with Gasteiger partial charge in [0.05, 0.1) is 11.3 Å². The van der Waals surface area contributed by atoms with Crippen molar-refractivity contribution in [2.24, 2.45) is 0 Å². The van der Waals surface area contributed by atoms with Gasteiger partial charge in [-0.15, -0.1) is 11.3 Å². The van der Waals surface area contributed by atoms with Crippen molar-refractivity contribution in [1.29, 1.82) is 0 Å². The summed E-state index contributed by atoms with van der Waals surface area (Å²) in [6.45, 7) is 1.95. The minimum absolute atomic E-state index is 0.163. The molecule has 0 bridgehead atoms. The summed E-state index contributed by atoms with van der Waals surface area (Å²) in [4.78, 5) is 21.6. The number of thiazole rings is 1. The number of hydrogen-bond donors (Lipinski definition) is 1. The third-order valence-corrected chi connectivity index (χ3v) is 4.58. The molecule has 7 heteroatoms. The molecule has 0 spiro atoms. The number of nitrogens with zero attached hydrogens (tertiary/aromatic N) is 2.